The number of hydrogen-bond donors (Lipinski definition) is 2. The van der Waals surface area contributed by atoms with Gasteiger partial charge in [0, 0.05) is 11.3 Å². The van der Waals surface area contributed by atoms with Crippen LogP contribution in [0.4, 0.5) is 5.82 Å². The maximum atomic E-state index is 11.4. The van der Waals surface area contributed by atoms with Gasteiger partial charge in [0.15, 0.2) is 0 Å². The van der Waals surface area contributed by atoms with E-state index in [0.717, 1.165) is 36.9 Å². The Morgan fingerprint density at radius 1 is 1.50 bits per heavy atom. The van der Waals surface area contributed by atoms with Gasteiger partial charge in [-0.25, -0.2) is 14.8 Å². The third kappa shape index (κ3) is 2.30. The zero-order chi connectivity index (χ0) is 13.2. The standard InChI is InChI=1S/C13H19N3O2/c1-3-7-13(2,12(17)18)16-11-9-5-4-6-10(9)14-8-15-11/h8H,3-7H2,1-2H3,(H,17,18)(H,14,15,16). The normalized spacial score (nSPS) is 17.0. The summed E-state index contributed by atoms with van der Waals surface area (Å²) in [6.45, 7) is 3.69. The topological polar surface area (TPSA) is 75.1 Å². The molecule has 1 aromatic heterocycles. The molecule has 5 heteroatoms. The second-order valence-corrected chi connectivity index (χ2v) is 5.01. The van der Waals surface area contributed by atoms with Gasteiger partial charge >= 0.3 is 5.97 Å². The minimum absolute atomic E-state index is 0.571. The van der Waals surface area contributed by atoms with E-state index < -0.39 is 11.5 Å². The van der Waals surface area contributed by atoms with Crippen LogP contribution in [0.3, 0.4) is 0 Å². The highest BCUT2D eigenvalue weighted by Gasteiger charge is 2.33. The van der Waals surface area contributed by atoms with E-state index in [4.69, 9.17) is 0 Å². The molecule has 1 aliphatic rings. The van der Waals surface area contributed by atoms with Gasteiger partial charge in [-0.2, -0.15) is 0 Å². The summed E-state index contributed by atoms with van der Waals surface area (Å²) in [5.41, 5.74) is 1.18. The highest BCUT2D eigenvalue weighted by atomic mass is 16.4. The van der Waals surface area contributed by atoms with Gasteiger partial charge in [0.1, 0.15) is 17.7 Å². The molecule has 5 nitrogen and oxygen atoms in total. The monoisotopic (exact) mass is 249 g/mol. The Balaban J connectivity index is 2.28. The first kappa shape index (κ1) is 12.8. The summed E-state index contributed by atoms with van der Waals surface area (Å²) in [7, 11) is 0. The molecular formula is C13H19N3O2. The molecule has 0 amide bonds. The summed E-state index contributed by atoms with van der Waals surface area (Å²) in [6.07, 6.45) is 5.86. The third-order valence-electron chi connectivity index (χ3n) is 3.49. The smallest absolute Gasteiger partial charge is 0.329 e. The lowest BCUT2D eigenvalue weighted by Gasteiger charge is -2.27. The number of aromatic nitrogens is 2. The Kier molecular flexibility index (Phi) is 3.50. The number of rotatable bonds is 5. The number of carboxylic acids is 1. The van der Waals surface area contributed by atoms with Crippen molar-refractivity contribution < 1.29 is 9.90 Å². The molecule has 98 valence electrons. The summed E-state index contributed by atoms with van der Waals surface area (Å²) in [6, 6.07) is 0. The van der Waals surface area contributed by atoms with Gasteiger partial charge in [0.25, 0.3) is 0 Å². The van der Waals surface area contributed by atoms with Crippen molar-refractivity contribution in [2.24, 2.45) is 0 Å². The van der Waals surface area contributed by atoms with Crippen molar-refractivity contribution >= 4 is 11.8 Å². The fraction of sp³-hybridized carbons (Fsp3) is 0.615. The van der Waals surface area contributed by atoms with E-state index in [0.29, 0.717) is 12.2 Å². The Morgan fingerprint density at radius 3 is 2.94 bits per heavy atom. The molecule has 2 rings (SSSR count). The molecule has 0 spiro atoms. The average molecular weight is 249 g/mol. The van der Waals surface area contributed by atoms with Gasteiger partial charge in [-0.15, -0.1) is 0 Å². The summed E-state index contributed by atoms with van der Waals surface area (Å²) in [4.78, 5) is 19.9. The molecule has 18 heavy (non-hydrogen) atoms. The number of hydrogen-bond acceptors (Lipinski definition) is 4. The lowest BCUT2D eigenvalue weighted by atomic mass is 9.96. The Morgan fingerprint density at radius 2 is 2.28 bits per heavy atom. The first-order valence-corrected chi connectivity index (χ1v) is 6.41. The fourth-order valence-corrected chi connectivity index (χ4v) is 2.45. The van der Waals surface area contributed by atoms with Crippen LogP contribution in [-0.2, 0) is 17.6 Å². The van der Waals surface area contributed by atoms with Crippen LogP contribution in [0.25, 0.3) is 0 Å². The van der Waals surface area contributed by atoms with E-state index in [9.17, 15) is 9.90 Å². The van der Waals surface area contributed by atoms with E-state index in [1.165, 1.54) is 6.33 Å². The molecular weight excluding hydrogens is 230 g/mol. The van der Waals surface area contributed by atoms with Crippen molar-refractivity contribution in [3.63, 3.8) is 0 Å². The van der Waals surface area contributed by atoms with E-state index in [1.807, 2.05) is 6.92 Å². The zero-order valence-electron chi connectivity index (χ0n) is 10.9. The van der Waals surface area contributed by atoms with Crippen LogP contribution in [0.5, 0.6) is 0 Å². The van der Waals surface area contributed by atoms with Gasteiger partial charge < -0.3 is 10.4 Å². The highest BCUT2D eigenvalue weighted by molar-refractivity contribution is 5.82. The van der Waals surface area contributed by atoms with E-state index in [2.05, 4.69) is 15.3 Å². The predicted octanol–water partition coefficient (Wildman–Crippen LogP) is 2.02. The quantitative estimate of drug-likeness (QED) is 0.835. The van der Waals surface area contributed by atoms with Crippen LogP contribution in [0.15, 0.2) is 6.33 Å². The van der Waals surface area contributed by atoms with Crippen LogP contribution in [0, 0.1) is 0 Å². The lowest BCUT2D eigenvalue weighted by Crippen LogP contribution is -2.43. The minimum atomic E-state index is -0.959. The molecule has 1 heterocycles. The lowest BCUT2D eigenvalue weighted by molar-refractivity contribution is -0.142. The van der Waals surface area contributed by atoms with Gasteiger partial charge in [-0.1, -0.05) is 13.3 Å². The van der Waals surface area contributed by atoms with Gasteiger partial charge in [-0.05, 0) is 32.6 Å². The van der Waals surface area contributed by atoms with Gasteiger partial charge in [-0.3, -0.25) is 0 Å². The number of carbonyl (C=O) groups is 1. The maximum Gasteiger partial charge on any atom is 0.329 e. The maximum absolute atomic E-state index is 11.4. The predicted molar refractivity (Wildman–Crippen MR) is 68.6 cm³/mol. The molecule has 0 aliphatic heterocycles. The molecule has 0 saturated carbocycles. The first-order chi connectivity index (χ1) is 8.57. The van der Waals surface area contributed by atoms with Gasteiger partial charge in [0.2, 0.25) is 0 Å². The number of carboxylic acid groups (broad SMARTS) is 1. The second-order valence-electron chi connectivity index (χ2n) is 5.01. The molecule has 0 aromatic carbocycles. The number of nitrogens with one attached hydrogen (secondary N) is 1. The van der Waals surface area contributed by atoms with Gasteiger partial charge in [0.05, 0.1) is 0 Å². The molecule has 2 N–H and O–H groups in total. The highest BCUT2D eigenvalue weighted by Crippen LogP contribution is 2.28. The molecule has 0 saturated heterocycles. The van der Waals surface area contributed by atoms with Crippen molar-refractivity contribution in [1.82, 2.24) is 9.97 Å². The third-order valence-corrected chi connectivity index (χ3v) is 3.49. The molecule has 1 unspecified atom stereocenters. The van der Waals surface area contributed by atoms with E-state index in [-0.39, 0.29) is 0 Å². The van der Waals surface area contributed by atoms with Crippen molar-refractivity contribution in [3.8, 4) is 0 Å². The zero-order valence-corrected chi connectivity index (χ0v) is 10.9. The average Bonchev–Trinajstić information content (AvgIpc) is 2.78. The summed E-state index contributed by atoms with van der Waals surface area (Å²) in [5.74, 6) is -0.148. The number of anilines is 1. The van der Waals surface area contributed by atoms with Crippen LogP contribution >= 0.6 is 0 Å². The molecule has 1 aliphatic carbocycles. The summed E-state index contributed by atoms with van der Waals surface area (Å²) >= 11 is 0. The largest absolute Gasteiger partial charge is 0.480 e. The van der Waals surface area contributed by atoms with Crippen LogP contribution in [-0.4, -0.2) is 26.6 Å². The van der Waals surface area contributed by atoms with Crippen molar-refractivity contribution in [1.29, 1.82) is 0 Å². The Labute approximate surface area is 107 Å². The fourth-order valence-electron chi connectivity index (χ4n) is 2.45. The van der Waals surface area contributed by atoms with Crippen LogP contribution in [0.2, 0.25) is 0 Å². The van der Waals surface area contributed by atoms with E-state index >= 15 is 0 Å². The second kappa shape index (κ2) is 4.92. The number of nitrogens with zero attached hydrogens (tertiary/aromatic N) is 2. The Hall–Kier alpha value is -1.65. The molecule has 0 bridgehead atoms. The number of fused-ring (bicyclic) bond motifs is 1. The minimum Gasteiger partial charge on any atom is -0.480 e. The van der Waals surface area contributed by atoms with Crippen molar-refractivity contribution in [3.05, 3.63) is 17.6 Å². The van der Waals surface area contributed by atoms with Crippen molar-refractivity contribution in [2.75, 3.05) is 5.32 Å². The molecule has 1 atom stereocenters. The molecule has 1 aromatic rings. The molecule has 0 radical (unpaired) electrons. The summed E-state index contributed by atoms with van der Waals surface area (Å²) < 4.78 is 0. The van der Waals surface area contributed by atoms with Crippen LogP contribution in [0.1, 0.15) is 44.4 Å². The first-order valence-electron chi connectivity index (χ1n) is 6.41. The van der Waals surface area contributed by atoms with E-state index in [1.54, 1.807) is 6.92 Å². The number of aryl methyl sites for hydroxylation is 1. The number of aliphatic carboxylic acids is 1. The SMILES string of the molecule is CCCC(C)(Nc1ncnc2c1CCC2)C(=O)O. The Bertz CT molecular complexity index is 462. The summed E-state index contributed by atoms with van der Waals surface area (Å²) in [5, 5.41) is 12.5. The molecule has 0 fully saturated rings. The van der Waals surface area contributed by atoms with Crippen molar-refractivity contribution in [2.45, 2.75) is 51.5 Å². The van der Waals surface area contributed by atoms with Crippen LogP contribution < -0.4 is 5.32 Å².